The first-order chi connectivity index (χ1) is 10.5. The van der Waals surface area contributed by atoms with E-state index in [9.17, 15) is 18.5 Å². The largest absolute Gasteiger partial charge is 0.491 e. The molecule has 2 aromatic carbocycles. The van der Waals surface area contributed by atoms with Crippen LogP contribution in [-0.4, -0.2) is 26.6 Å². The van der Waals surface area contributed by atoms with E-state index in [2.05, 4.69) is 0 Å². The van der Waals surface area contributed by atoms with E-state index in [-0.39, 0.29) is 23.8 Å². The van der Waals surface area contributed by atoms with Gasteiger partial charge in [-0.15, -0.1) is 0 Å². The molecule has 0 heterocycles. The number of benzene rings is 2. The summed E-state index contributed by atoms with van der Waals surface area (Å²) in [5, 5.41) is 10.5. The Labute approximate surface area is 127 Å². The van der Waals surface area contributed by atoms with Crippen molar-refractivity contribution in [3.05, 3.63) is 64.7 Å². The molecule has 0 N–H and O–H groups in total. The van der Waals surface area contributed by atoms with E-state index in [0.717, 1.165) is 0 Å². The molecule has 2 rings (SSSR count). The molecule has 0 unspecified atom stereocenters. The zero-order valence-corrected chi connectivity index (χ0v) is 12.2. The van der Waals surface area contributed by atoms with E-state index >= 15 is 0 Å². The van der Waals surface area contributed by atoms with Crippen LogP contribution in [0.25, 0.3) is 0 Å². The second-order valence-corrected chi connectivity index (χ2v) is 5.80. The average Bonchev–Trinajstić information content (AvgIpc) is 2.53. The highest BCUT2D eigenvalue weighted by Gasteiger charge is 2.14. The van der Waals surface area contributed by atoms with Crippen LogP contribution in [0.15, 0.2) is 59.5 Å². The van der Waals surface area contributed by atoms with Crippen molar-refractivity contribution in [2.45, 2.75) is 4.90 Å². The van der Waals surface area contributed by atoms with Gasteiger partial charge in [-0.25, -0.2) is 0 Å². The summed E-state index contributed by atoms with van der Waals surface area (Å²) < 4.78 is 33.7. The number of nitro benzene ring substituents is 1. The van der Waals surface area contributed by atoms with Crippen LogP contribution in [0.3, 0.4) is 0 Å². The van der Waals surface area contributed by atoms with Crippen molar-refractivity contribution in [2.24, 2.45) is 0 Å². The Balaban J connectivity index is 1.83. The predicted octanol–water partition coefficient (Wildman–Crippen LogP) is 2.38. The highest BCUT2D eigenvalue weighted by molar-refractivity contribution is 7.86. The summed E-state index contributed by atoms with van der Waals surface area (Å²) in [5.41, 5.74) is -0.0461. The van der Waals surface area contributed by atoms with E-state index in [4.69, 9.17) is 8.92 Å². The molecule has 2 aromatic rings. The Morgan fingerprint density at radius 1 is 0.955 bits per heavy atom. The summed E-state index contributed by atoms with van der Waals surface area (Å²) in [6, 6.07) is 13.3. The summed E-state index contributed by atoms with van der Waals surface area (Å²) >= 11 is 0. The fourth-order valence-corrected chi connectivity index (χ4v) is 2.54. The van der Waals surface area contributed by atoms with Gasteiger partial charge in [0, 0.05) is 12.1 Å². The number of ether oxygens (including phenoxy) is 1. The lowest BCUT2D eigenvalue weighted by atomic mass is 10.3. The zero-order chi connectivity index (χ0) is 16.0. The molecule has 0 amide bonds. The quantitative estimate of drug-likeness (QED) is 0.336. The first kappa shape index (κ1) is 15.9. The van der Waals surface area contributed by atoms with E-state index < -0.39 is 15.0 Å². The van der Waals surface area contributed by atoms with Gasteiger partial charge in [-0.2, -0.15) is 8.42 Å². The van der Waals surface area contributed by atoms with Crippen LogP contribution in [0, 0.1) is 10.1 Å². The summed E-state index contributed by atoms with van der Waals surface area (Å²) in [7, 11) is -3.80. The van der Waals surface area contributed by atoms with Crippen molar-refractivity contribution in [3.63, 3.8) is 0 Å². The van der Waals surface area contributed by atoms with Gasteiger partial charge in [0.2, 0.25) is 0 Å². The molecule has 0 saturated carbocycles. The number of hydrogen-bond donors (Lipinski definition) is 0. The highest BCUT2D eigenvalue weighted by atomic mass is 32.2. The number of hydrogen-bond acceptors (Lipinski definition) is 6. The monoisotopic (exact) mass is 323 g/mol. The Bertz CT molecular complexity index is 728. The molecule has 0 atom stereocenters. The third-order valence-corrected chi connectivity index (χ3v) is 4.00. The predicted molar refractivity (Wildman–Crippen MR) is 78.2 cm³/mol. The van der Waals surface area contributed by atoms with Crippen LogP contribution in [-0.2, 0) is 14.3 Å². The zero-order valence-electron chi connectivity index (χ0n) is 11.4. The number of nitro groups is 1. The van der Waals surface area contributed by atoms with E-state index in [1.807, 2.05) is 0 Å². The molecule has 8 heteroatoms. The lowest BCUT2D eigenvalue weighted by molar-refractivity contribution is -0.384. The summed E-state index contributed by atoms with van der Waals surface area (Å²) in [5.74, 6) is 0.395. The maximum Gasteiger partial charge on any atom is 0.297 e. The van der Waals surface area contributed by atoms with Gasteiger partial charge in [-0.3, -0.25) is 14.3 Å². The van der Waals surface area contributed by atoms with Crippen molar-refractivity contribution < 1.29 is 22.3 Å². The number of rotatable bonds is 7. The van der Waals surface area contributed by atoms with Gasteiger partial charge < -0.3 is 4.74 Å². The topological polar surface area (TPSA) is 95.7 Å². The smallest absolute Gasteiger partial charge is 0.297 e. The van der Waals surface area contributed by atoms with Gasteiger partial charge in [0.05, 0.1) is 9.82 Å². The molecule has 0 aliphatic heterocycles. The van der Waals surface area contributed by atoms with Crippen molar-refractivity contribution >= 4 is 15.8 Å². The van der Waals surface area contributed by atoms with E-state index in [1.165, 1.54) is 36.4 Å². The van der Waals surface area contributed by atoms with Gasteiger partial charge in [0.15, 0.2) is 0 Å². The van der Waals surface area contributed by atoms with Crippen LogP contribution in [0.2, 0.25) is 0 Å². The highest BCUT2D eigenvalue weighted by Crippen LogP contribution is 2.17. The van der Waals surface area contributed by atoms with Gasteiger partial charge >= 0.3 is 0 Å². The fraction of sp³-hybridized carbons (Fsp3) is 0.143. The Morgan fingerprint density at radius 3 is 2.18 bits per heavy atom. The first-order valence-electron chi connectivity index (χ1n) is 6.31. The molecule has 22 heavy (non-hydrogen) atoms. The summed E-state index contributed by atoms with van der Waals surface area (Å²) in [6.07, 6.45) is 0. The van der Waals surface area contributed by atoms with E-state index in [0.29, 0.717) is 5.75 Å². The lowest BCUT2D eigenvalue weighted by Gasteiger charge is -2.07. The van der Waals surface area contributed by atoms with Crippen LogP contribution in [0.4, 0.5) is 5.69 Å². The minimum atomic E-state index is -3.80. The van der Waals surface area contributed by atoms with Crippen molar-refractivity contribution in [1.29, 1.82) is 0 Å². The minimum Gasteiger partial charge on any atom is -0.491 e. The summed E-state index contributed by atoms with van der Waals surface area (Å²) in [6.45, 7) is -0.155. The van der Waals surface area contributed by atoms with Crippen LogP contribution < -0.4 is 4.74 Å². The molecule has 0 aliphatic rings. The van der Waals surface area contributed by atoms with Gasteiger partial charge in [-0.05, 0) is 24.3 Å². The maximum absolute atomic E-state index is 11.8. The van der Waals surface area contributed by atoms with Crippen LogP contribution in [0.5, 0.6) is 5.75 Å². The van der Waals surface area contributed by atoms with Crippen LogP contribution in [0.1, 0.15) is 0 Å². The van der Waals surface area contributed by atoms with Crippen molar-refractivity contribution in [1.82, 2.24) is 0 Å². The van der Waals surface area contributed by atoms with Gasteiger partial charge in [0.25, 0.3) is 15.8 Å². The maximum atomic E-state index is 11.8. The SMILES string of the molecule is O=[N+]([O-])c1ccc(OCCOS(=O)(=O)c2ccccc2)cc1. The third kappa shape index (κ3) is 4.27. The second-order valence-electron chi connectivity index (χ2n) is 4.19. The fourth-order valence-electron chi connectivity index (χ4n) is 1.62. The molecule has 0 saturated heterocycles. The van der Waals surface area contributed by atoms with E-state index in [1.54, 1.807) is 18.2 Å². The molecule has 0 bridgehead atoms. The minimum absolute atomic E-state index is 0.00384. The third-order valence-electron chi connectivity index (χ3n) is 2.67. The molecule has 7 nitrogen and oxygen atoms in total. The number of non-ortho nitro benzene ring substituents is 1. The normalized spacial score (nSPS) is 11.1. The standard InChI is InChI=1S/C14H13NO6S/c16-15(17)12-6-8-13(9-7-12)20-10-11-21-22(18,19)14-4-2-1-3-5-14/h1-9H,10-11H2. The molecule has 0 aliphatic carbocycles. The molecule has 0 spiro atoms. The second kappa shape index (κ2) is 7.01. The Hall–Kier alpha value is -2.45. The molecule has 0 fully saturated rings. The molecule has 0 aromatic heterocycles. The first-order valence-corrected chi connectivity index (χ1v) is 7.71. The molecular formula is C14H13NO6S. The van der Waals surface area contributed by atoms with Crippen LogP contribution >= 0.6 is 0 Å². The lowest BCUT2D eigenvalue weighted by Crippen LogP contribution is -2.13. The molecular weight excluding hydrogens is 310 g/mol. The van der Waals surface area contributed by atoms with Crippen molar-refractivity contribution in [3.8, 4) is 5.75 Å². The van der Waals surface area contributed by atoms with Gasteiger partial charge in [-0.1, -0.05) is 18.2 Å². The average molecular weight is 323 g/mol. The molecule has 116 valence electrons. The molecule has 0 radical (unpaired) electrons. The summed E-state index contributed by atoms with van der Waals surface area (Å²) in [4.78, 5) is 10.1. The van der Waals surface area contributed by atoms with Gasteiger partial charge in [0.1, 0.15) is 19.0 Å². The Kier molecular flexibility index (Phi) is 5.08. The van der Waals surface area contributed by atoms with Crippen molar-refractivity contribution in [2.75, 3.05) is 13.2 Å². The number of nitrogens with zero attached hydrogens (tertiary/aromatic N) is 1. The Morgan fingerprint density at radius 2 is 1.59 bits per heavy atom.